The number of aliphatic hydroxyl groups is 6. The lowest BCUT2D eigenvalue weighted by atomic mass is 9.99. The first-order valence-corrected chi connectivity index (χ1v) is 9.19. The monoisotopic (exact) mass is 412 g/mol. The fourth-order valence-electron chi connectivity index (χ4n) is 3.43. The summed E-state index contributed by atoms with van der Waals surface area (Å²) in [5.74, 6) is 0. The molecule has 0 bridgehead atoms. The molecule has 3 aliphatic rings. The molecule has 10 atom stereocenters. The van der Waals surface area contributed by atoms with E-state index in [1.165, 1.54) is 0 Å². The van der Waals surface area contributed by atoms with E-state index in [0.717, 1.165) is 0 Å². The van der Waals surface area contributed by atoms with Crippen molar-refractivity contribution in [2.24, 2.45) is 0 Å². The van der Waals surface area contributed by atoms with Gasteiger partial charge in [-0.1, -0.05) is 0 Å². The fraction of sp³-hybridized carbons (Fsp3) is 1.00. The quantitative estimate of drug-likeness (QED) is 0.257. The van der Waals surface area contributed by atoms with Crippen LogP contribution in [0.4, 0.5) is 0 Å². The molecule has 0 unspecified atom stereocenters. The van der Waals surface area contributed by atoms with E-state index in [0.29, 0.717) is 0 Å². The van der Waals surface area contributed by atoms with Crippen LogP contribution in [0.3, 0.4) is 0 Å². The minimum Gasteiger partial charge on any atom is -0.394 e. The first-order valence-electron chi connectivity index (χ1n) is 9.19. The van der Waals surface area contributed by atoms with Crippen molar-refractivity contribution in [2.75, 3.05) is 39.6 Å². The van der Waals surface area contributed by atoms with E-state index in [-0.39, 0.29) is 26.4 Å². The summed E-state index contributed by atoms with van der Waals surface area (Å²) in [5.41, 5.74) is 0. The van der Waals surface area contributed by atoms with E-state index in [9.17, 15) is 30.6 Å². The van der Waals surface area contributed by atoms with Gasteiger partial charge in [0, 0.05) is 0 Å². The van der Waals surface area contributed by atoms with Crippen molar-refractivity contribution >= 4 is 0 Å². The Balaban J connectivity index is 1.66. The molecule has 0 aromatic heterocycles. The molecule has 6 N–H and O–H groups in total. The average Bonchev–Trinajstić information content (AvgIpc) is 2.69. The number of ether oxygens (including phenoxy) is 6. The summed E-state index contributed by atoms with van der Waals surface area (Å²) in [6.07, 6.45) is -11.7. The van der Waals surface area contributed by atoms with Gasteiger partial charge in [-0.2, -0.15) is 0 Å². The topological polar surface area (TPSA) is 177 Å². The van der Waals surface area contributed by atoms with Crippen LogP contribution < -0.4 is 0 Å². The summed E-state index contributed by atoms with van der Waals surface area (Å²) >= 11 is 0. The Kier molecular flexibility index (Phi) is 7.95. The third-order valence-electron chi connectivity index (χ3n) is 5.00. The Hall–Kier alpha value is -0.480. The van der Waals surface area contributed by atoms with Gasteiger partial charge in [0.2, 0.25) is 0 Å². The van der Waals surface area contributed by atoms with Gasteiger partial charge in [-0.05, 0) is 0 Å². The third-order valence-corrected chi connectivity index (χ3v) is 5.00. The Bertz CT molecular complexity index is 439. The van der Waals surface area contributed by atoms with E-state index in [2.05, 4.69) is 0 Å². The van der Waals surface area contributed by atoms with Crippen molar-refractivity contribution in [1.29, 1.82) is 0 Å². The molecule has 0 spiro atoms. The van der Waals surface area contributed by atoms with Crippen molar-refractivity contribution in [3.05, 3.63) is 0 Å². The van der Waals surface area contributed by atoms with Crippen molar-refractivity contribution in [2.45, 2.75) is 61.4 Å². The van der Waals surface area contributed by atoms with Crippen LogP contribution in [0.2, 0.25) is 0 Å². The zero-order valence-electron chi connectivity index (χ0n) is 15.1. The highest BCUT2D eigenvalue weighted by atomic mass is 16.7. The predicted octanol–water partition coefficient (Wildman–Crippen LogP) is -4.32. The van der Waals surface area contributed by atoms with E-state index in [1.807, 2.05) is 0 Å². The molecule has 3 saturated heterocycles. The first-order chi connectivity index (χ1) is 13.5. The predicted molar refractivity (Wildman–Crippen MR) is 86.9 cm³/mol. The van der Waals surface area contributed by atoms with Gasteiger partial charge in [0.05, 0.1) is 39.6 Å². The van der Waals surface area contributed by atoms with Crippen LogP contribution >= 0.6 is 0 Å². The van der Waals surface area contributed by atoms with Gasteiger partial charge >= 0.3 is 0 Å². The second-order valence-corrected chi connectivity index (χ2v) is 6.83. The molecular formula is C16H28O12. The minimum atomic E-state index is -1.35. The molecule has 0 radical (unpaired) electrons. The number of aliphatic hydroxyl groups excluding tert-OH is 6. The van der Waals surface area contributed by atoms with Crippen LogP contribution in [0, 0.1) is 0 Å². The van der Waals surface area contributed by atoms with E-state index < -0.39 is 74.6 Å². The third kappa shape index (κ3) is 4.64. The Morgan fingerprint density at radius 2 is 0.893 bits per heavy atom. The zero-order valence-corrected chi connectivity index (χ0v) is 15.1. The maximum atomic E-state index is 10.3. The summed E-state index contributed by atoms with van der Waals surface area (Å²) in [6, 6.07) is 0. The molecular weight excluding hydrogens is 384 g/mol. The highest BCUT2D eigenvalue weighted by molar-refractivity contribution is 4.91. The fourth-order valence-corrected chi connectivity index (χ4v) is 3.43. The van der Waals surface area contributed by atoms with Crippen LogP contribution in [0.25, 0.3) is 0 Å². The van der Waals surface area contributed by atoms with Gasteiger partial charge < -0.3 is 59.1 Å². The molecule has 3 heterocycles. The lowest BCUT2D eigenvalue weighted by Crippen LogP contribution is -2.61. The van der Waals surface area contributed by atoms with Crippen molar-refractivity contribution in [1.82, 2.24) is 0 Å². The van der Waals surface area contributed by atoms with E-state index in [1.54, 1.807) is 0 Å². The maximum absolute atomic E-state index is 10.3. The van der Waals surface area contributed by atoms with Crippen LogP contribution in [-0.2, 0) is 28.4 Å². The summed E-state index contributed by atoms with van der Waals surface area (Å²) < 4.78 is 33.1. The van der Waals surface area contributed by atoms with Gasteiger partial charge in [-0.25, -0.2) is 0 Å². The molecule has 164 valence electrons. The lowest BCUT2D eigenvalue weighted by Gasteiger charge is -2.43. The highest BCUT2D eigenvalue weighted by Gasteiger charge is 2.47. The highest BCUT2D eigenvalue weighted by Crippen LogP contribution is 2.27. The molecule has 0 aliphatic carbocycles. The molecule has 0 amide bonds. The second-order valence-electron chi connectivity index (χ2n) is 6.83. The molecule has 12 nitrogen and oxygen atoms in total. The number of hydrogen-bond donors (Lipinski definition) is 6. The molecule has 3 fully saturated rings. The van der Waals surface area contributed by atoms with Gasteiger partial charge in [-0.15, -0.1) is 0 Å². The van der Waals surface area contributed by atoms with Crippen LogP contribution in [-0.4, -0.2) is 132 Å². The first kappa shape index (κ1) is 22.2. The molecule has 0 aromatic carbocycles. The summed E-state index contributed by atoms with van der Waals surface area (Å²) in [4.78, 5) is 0. The lowest BCUT2D eigenvalue weighted by molar-refractivity contribution is -0.334. The molecule has 0 aromatic rings. The Morgan fingerprint density at radius 1 is 0.536 bits per heavy atom. The average molecular weight is 412 g/mol. The van der Waals surface area contributed by atoms with Crippen LogP contribution in [0.5, 0.6) is 0 Å². The van der Waals surface area contributed by atoms with E-state index in [4.69, 9.17) is 28.4 Å². The maximum Gasteiger partial charge on any atom is 0.187 e. The van der Waals surface area contributed by atoms with Gasteiger partial charge in [0.25, 0.3) is 0 Å². The number of hydrogen-bond acceptors (Lipinski definition) is 12. The van der Waals surface area contributed by atoms with Crippen LogP contribution in [0.1, 0.15) is 0 Å². The summed E-state index contributed by atoms with van der Waals surface area (Å²) in [6.45, 7) is -1.20. The van der Waals surface area contributed by atoms with Crippen molar-refractivity contribution < 1.29 is 59.1 Å². The molecule has 12 heteroatoms. The Labute approximate surface area is 161 Å². The van der Waals surface area contributed by atoms with Crippen LogP contribution in [0.15, 0.2) is 0 Å². The van der Waals surface area contributed by atoms with Gasteiger partial charge in [-0.3, -0.25) is 0 Å². The summed E-state index contributed by atoms with van der Waals surface area (Å²) in [5, 5.41) is 59.1. The van der Waals surface area contributed by atoms with E-state index >= 15 is 0 Å². The zero-order chi connectivity index (χ0) is 20.3. The standard InChI is InChI=1S/C16H28O12/c17-5-7-9(19)11(21)13-15(27-7)26-4-2-24-14-12(22)10(20)8(6-18)28-16(14)25-3-1-23-13/h7-22H,1-6H2/t7-,8-,9-,10-,11+,12+,13-,14-,15-,16-/m1/s1. The number of rotatable bonds is 2. The van der Waals surface area contributed by atoms with Gasteiger partial charge in [0.15, 0.2) is 12.6 Å². The normalized spacial score (nSPS) is 48.6. The smallest absolute Gasteiger partial charge is 0.187 e. The molecule has 28 heavy (non-hydrogen) atoms. The summed E-state index contributed by atoms with van der Waals surface area (Å²) in [7, 11) is 0. The number of fused-ring (bicyclic) bond motifs is 2. The molecule has 3 aliphatic heterocycles. The minimum absolute atomic E-state index is 0.0407. The Morgan fingerprint density at radius 3 is 1.25 bits per heavy atom. The largest absolute Gasteiger partial charge is 0.394 e. The second kappa shape index (κ2) is 10.0. The van der Waals surface area contributed by atoms with Gasteiger partial charge in [0.1, 0.15) is 48.8 Å². The van der Waals surface area contributed by atoms with Crippen molar-refractivity contribution in [3.8, 4) is 0 Å². The molecule has 0 saturated carbocycles. The molecule has 3 rings (SSSR count). The van der Waals surface area contributed by atoms with Crippen molar-refractivity contribution in [3.63, 3.8) is 0 Å². The SMILES string of the molecule is OC[C@H]1O[C@H]2OCCO[C@H]3[C@H](OCCO[C@@H]2[C@@H](O)[C@@H]1O)O[C@H](CO)[C@@H](O)[C@@H]3O.